The molecule has 0 spiro atoms. The normalized spacial score (nSPS) is 20.9. The largest absolute Gasteiger partial charge is 0.481 e. The molecule has 6 heteroatoms. The predicted octanol–water partition coefficient (Wildman–Crippen LogP) is 1.38. The maximum Gasteiger partial charge on any atom is 0.312 e. The average Bonchev–Trinajstić information content (AvgIpc) is 2.66. The quantitative estimate of drug-likeness (QED) is 0.859. The van der Waals surface area contributed by atoms with Crippen molar-refractivity contribution < 1.29 is 14.4 Å². The van der Waals surface area contributed by atoms with Crippen LogP contribution in [0.1, 0.15) is 24.6 Å². The Morgan fingerprint density at radius 1 is 1.62 bits per heavy atom. The molecule has 0 amide bonds. The lowest BCUT2D eigenvalue weighted by atomic mass is 10.0. The number of hydrogen-bond acceptors (Lipinski definition) is 5. The van der Waals surface area contributed by atoms with E-state index in [0.29, 0.717) is 11.7 Å². The molecule has 0 radical (unpaired) electrons. The number of carboxylic acid groups (broad SMARTS) is 1. The first-order chi connectivity index (χ1) is 7.74. The van der Waals surface area contributed by atoms with Gasteiger partial charge in [-0.15, -0.1) is 0 Å². The van der Waals surface area contributed by atoms with Gasteiger partial charge in [0.1, 0.15) is 6.42 Å². The van der Waals surface area contributed by atoms with Crippen LogP contribution in [0.2, 0.25) is 0 Å². The molecule has 88 valence electrons. The molecule has 16 heavy (non-hydrogen) atoms. The van der Waals surface area contributed by atoms with E-state index >= 15 is 0 Å². The van der Waals surface area contributed by atoms with Crippen LogP contribution in [0, 0.1) is 5.92 Å². The molecule has 2 rings (SSSR count). The minimum atomic E-state index is -0.941. The van der Waals surface area contributed by atoms with Crippen LogP contribution in [0.15, 0.2) is 4.52 Å². The third kappa shape index (κ3) is 3.23. The number of aromatic nitrogens is 2. The fraction of sp³-hybridized carbons (Fsp3) is 0.700. The van der Waals surface area contributed by atoms with Crippen molar-refractivity contribution in [3.05, 3.63) is 11.7 Å². The lowest BCUT2D eigenvalue weighted by Crippen LogP contribution is -2.14. The molecule has 0 bridgehead atoms. The summed E-state index contributed by atoms with van der Waals surface area (Å²) in [5, 5.41) is 12.4. The zero-order chi connectivity index (χ0) is 11.4. The van der Waals surface area contributed by atoms with E-state index in [2.05, 4.69) is 10.1 Å². The monoisotopic (exact) mass is 242 g/mol. The Balaban J connectivity index is 1.88. The lowest BCUT2D eigenvalue weighted by molar-refractivity contribution is -0.136. The second-order valence-corrected chi connectivity index (χ2v) is 5.11. The molecular formula is C10H14N2O3S. The summed E-state index contributed by atoms with van der Waals surface area (Å²) in [4.78, 5) is 14.5. The van der Waals surface area contributed by atoms with E-state index in [1.807, 2.05) is 11.8 Å². The maximum atomic E-state index is 10.4. The summed E-state index contributed by atoms with van der Waals surface area (Å²) < 4.78 is 4.87. The number of rotatable bonds is 4. The van der Waals surface area contributed by atoms with Crippen LogP contribution in [0.5, 0.6) is 0 Å². The van der Waals surface area contributed by atoms with Gasteiger partial charge in [-0.2, -0.15) is 16.7 Å². The third-order valence-electron chi connectivity index (χ3n) is 2.54. The van der Waals surface area contributed by atoms with E-state index in [9.17, 15) is 4.79 Å². The molecule has 2 heterocycles. The molecular weight excluding hydrogens is 228 g/mol. The molecule has 1 unspecified atom stereocenters. The van der Waals surface area contributed by atoms with Crippen molar-refractivity contribution in [2.75, 3.05) is 11.5 Å². The van der Waals surface area contributed by atoms with Crippen molar-refractivity contribution in [3.8, 4) is 0 Å². The SMILES string of the molecule is O=C(O)Cc1nc(CC2CCCSC2)no1. The van der Waals surface area contributed by atoms with E-state index in [0.717, 1.165) is 12.2 Å². The van der Waals surface area contributed by atoms with E-state index in [1.165, 1.54) is 18.6 Å². The van der Waals surface area contributed by atoms with Gasteiger partial charge in [0.2, 0.25) is 5.89 Å². The van der Waals surface area contributed by atoms with Crippen LogP contribution in [-0.4, -0.2) is 32.7 Å². The molecule has 1 saturated heterocycles. The van der Waals surface area contributed by atoms with Crippen LogP contribution in [-0.2, 0) is 17.6 Å². The molecule has 1 aromatic heterocycles. The molecule has 1 N–H and O–H groups in total. The zero-order valence-corrected chi connectivity index (χ0v) is 9.70. The molecule has 1 aromatic rings. The first kappa shape index (κ1) is 11.4. The van der Waals surface area contributed by atoms with Crippen LogP contribution in [0.25, 0.3) is 0 Å². The van der Waals surface area contributed by atoms with Gasteiger partial charge >= 0.3 is 5.97 Å². The van der Waals surface area contributed by atoms with Crippen molar-refractivity contribution in [1.29, 1.82) is 0 Å². The van der Waals surface area contributed by atoms with Gasteiger partial charge < -0.3 is 9.63 Å². The fourth-order valence-electron chi connectivity index (χ4n) is 1.80. The summed E-state index contributed by atoms with van der Waals surface area (Å²) in [6.07, 6.45) is 3.06. The van der Waals surface area contributed by atoms with Crippen molar-refractivity contribution in [2.45, 2.75) is 25.7 Å². The van der Waals surface area contributed by atoms with Crippen LogP contribution in [0.4, 0.5) is 0 Å². The van der Waals surface area contributed by atoms with Gasteiger partial charge in [-0.25, -0.2) is 0 Å². The van der Waals surface area contributed by atoms with E-state index in [1.54, 1.807) is 0 Å². The minimum absolute atomic E-state index is 0.188. The van der Waals surface area contributed by atoms with Crippen molar-refractivity contribution in [1.82, 2.24) is 10.1 Å². The zero-order valence-electron chi connectivity index (χ0n) is 8.89. The van der Waals surface area contributed by atoms with Gasteiger partial charge in [0.15, 0.2) is 5.82 Å². The Morgan fingerprint density at radius 3 is 3.19 bits per heavy atom. The molecule has 0 saturated carbocycles. The maximum absolute atomic E-state index is 10.4. The lowest BCUT2D eigenvalue weighted by Gasteiger charge is -2.19. The summed E-state index contributed by atoms with van der Waals surface area (Å²) in [6, 6.07) is 0. The summed E-state index contributed by atoms with van der Waals surface area (Å²) >= 11 is 1.96. The second-order valence-electron chi connectivity index (χ2n) is 3.96. The Hall–Kier alpha value is -1.04. The first-order valence-electron chi connectivity index (χ1n) is 5.35. The van der Waals surface area contributed by atoms with Gasteiger partial charge in [0.05, 0.1) is 0 Å². The topological polar surface area (TPSA) is 76.2 Å². The third-order valence-corrected chi connectivity index (χ3v) is 3.82. The van der Waals surface area contributed by atoms with Gasteiger partial charge in [-0.3, -0.25) is 4.79 Å². The number of hydrogen-bond donors (Lipinski definition) is 1. The van der Waals surface area contributed by atoms with Crippen LogP contribution in [0.3, 0.4) is 0 Å². The molecule has 0 aromatic carbocycles. The Morgan fingerprint density at radius 2 is 2.50 bits per heavy atom. The summed E-state index contributed by atoms with van der Waals surface area (Å²) in [7, 11) is 0. The van der Waals surface area contributed by atoms with E-state index in [4.69, 9.17) is 9.63 Å². The van der Waals surface area contributed by atoms with Crippen molar-refractivity contribution in [3.63, 3.8) is 0 Å². The smallest absolute Gasteiger partial charge is 0.312 e. The van der Waals surface area contributed by atoms with Crippen molar-refractivity contribution in [2.24, 2.45) is 5.92 Å². The van der Waals surface area contributed by atoms with Gasteiger partial charge in [0.25, 0.3) is 0 Å². The molecule has 0 aliphatic carbocycles. The molecule has 1 fully saturated rings. The molecule has 5 nitrogen and oxygen atoms in total. The highest BCUT2D eigenvalue weighted by Crippen LogP contribution is 2.24. The fourth-order valence-corrected chi connectivity index (χ4v) is 2.96. The summed E-state index contributed by atoms with van der Waals surface area (Å²) in [5.74, 6) is 2.89. The Kier molecular flexibility index (Phi) is 3.82. The molecule has 1 aliphatic heterocycles. The first-order valence-corrected chi connectivity index (χ1v) is 6.50. The number of nitrogens with zero attached hydrogens (tertiary/aromatic N) is 2. The standard InChI is InChI=1S/C10H14N2O3S/c13-10(14)5-9-11-8(12-15-9)4-7-2-1-3-16-6-7/h7H,1-6H2,(H,13,14). The number of aliphatic carboxylic acids is 1. The van der Waals surface area contributed by atoms with Gasteiger partial charge in [-0.1, -0.05) is 5.16 Å². The van der Waals surface area contributed by atoms with Gasteiger partial charge in [-0.05, 0) is 30.3 Å². The Labute approximate surface area is 97.6 Å². The summed E-state index contributed by atoms with van der Waals surface area (Å²) in [6.45, 7) is 0. The van der Waals surface area contributed by atoms with Crippen molar-refractivity contribution >= 4 is 17.7 Å². The molecule has 1 aliphatic rings. The van der Waals surface area contributed by atoms with Gasteiger partial charge in [0, 0.05) is 6.42 Å². The highest BCUT2D eigenvalue weighted by Gasteiger charge is 2.18. The second kappa shape index (κ2) is 5.34. The number of thioether (sulfide) groups is 1. The molecule has 1 atom stereocenters. The minimum Gasteiger partial charge on any atom is -0.481 e. The summed E-state index contributed by atoms with van der Waals surface area (Å²) in [5.41, 5.74) is 0. The highest BCUT2D eigenvalue weighted by molar-refractivity contribution is 7.99. The number of carboxylic acids is 1. The van der Waals surface area contributed by atoms with E-state index < -0.39 is 5.97 Å². The predicted molar refractivity (Wildman–Crippen MR) is 59.4 cm³/mol. The van der Waals surface area contributed by atoms with Crippen LogP contribution >= 0.6 is 11.8 Å². The highest BCUT2D eigenvalue weighted by atomic mass is 32.2. The average molecular weight is 242 g/mol. The van der Waals surface area contributed by atoms with E-state index in [-0.39, 0.29) is 12.3 Å². The Bertz CT molecular complexity index is 361. The van der Waals surface area contributed by atoms with Crippen LogP contribution < -0.4 is 0 Å². The number of carbonyl (C=O) groups is 1.